The second kappa shape index (κ2) is 22.0. The third kappa shape index (κ3) is 11.4. The van der Waals surface area contributed by atoms with Gasteiger partial charge in [-0.2, -0.15) is 0 Å². The van der Waals surface area contributed by atoms with Gasteiger partial charge in [-0.3, -0.25) is 0 Å². The van der Waals surface area contributed by atoms with E-state index in [4.69, 9.17) is 0 Å². The molecule has 0 saturated heterocycles. The zero-order valence-corrected chi connectivity index (χ0v) is 29.5. The zero-order valence-electron chi connectivity index (χ0n) is 29.5. The van der Waals surface area contributed by atoms with Crippen LogP contribution in [0.25, 0.3) is 0 Å². The van der Waals surface area contributed by atoms with Crippen molar-refractivity contribution in [2.75, 3.05) is 0 Å². The van der Waals surface area contributed by atoms with Crippen LogP contribution in [0.1, 0.15) is 146 Å². The maximum Gasteiger partial charge on any atom is 0.136 e. The van der Waals surface area contributed by atoms with Crippen molar-refractivity contribution >= 4 is 0 Å². The van der Waals surface area contributed by atoms with Gasteiger partial charge in [0.05, 0.1) is 11.5 Å². The Balaban J connectivity index is 1.74. The van der Waals surface area contributed by atoms with Crippen LogP contribution in [-0.2, 0) is 5.41 Å². The maximum atomic E-state index is 12.7. The van der Waals surface area contributed by atoms with Gasteiger partial charge in [0.1, 0.15) is 11.7 Å². The molecule has 0 fully saturated rings. The first kappa shape index (κ1) is 38.7. The SMILES string of the molecule is CCCC/C=C/[C@@](O)([C@H](O)CCCCCCCCCCCCCCCC)[C@H](O)C(c1ccccc1)(c1ccccc1)c1ccccc1. The monoisotopic (exact) mass is 640 g/mol. The molecule has 3 aromatic carbocycles. The molecule has 3 atom stereocenters. The molecule has 47 heavy (non-hydrogen) atoms. The Morgan fingerprint density at radius 2 is 0.872 bits per heavy atom. The normalized spacial score (nSPS) is 14.7. The molecule has 0 unspecified atom stereocenters. The number of rotatable bonds is 25. The highest BCUT2D eigenvalue weighted by Crippen LogP contribution is 2.47. The predicted octanol–water partition coefficient (Wildman–Crippen LogP) is 11.1. The van der Waals surface area contributed by atoms with E-state index in [9.17, 15) is 15.3 Å². The maximum absolute atomic E-state index is 12.7. The van der Waals surface area contributed by atoms with E-state index < -0.39 is 23.2 Å². The molecular formula is C44H64O3. The van der Waals surface area contributed by atoms with Gasteiger partial charge in [0.15, 0.2) is 0 Å². The van der Waals surface area contributed by atoms with Crippen molar-refractivity contribution < 1.29 is 15.3 Å². The Labute approximate surface area is 287 Å². The predicted molar refractivity (Wildman–Crippen MR) is 200 cm³/mol. The molecule has 0 bridgehead atoms. The molecular weight excluding hydrogens is 576 g/mol. The van der Waals surface area contributed by atoms with Crippen molar-refractivity contribution in [3.63, 3.8) is 0 Å². The molecule has 3 aromatic rings. The lowest BCUT2D eigenvalue weighted by atomic mass is 9.60. The molecule has 0 aromatic heterocycles. The van der Waals surface area contributed by atoms with E-state index in [1.54, 1.807) is 6.08 Å². The minimum atomic E-state index is -1.87. The molecule has 0 aliphatic heterocycles. The number of hydrogen-bond donors (Lipinski definition) is 3. The number of benzene rings is 3. The van der Waals surface area contributed by atoms with Gasteiger partial charge in [-0.15, -0.1) is 0 Å². The lowest BCUT2D eigenvalue weighted by molar-refractivity contribution is -0.132. The van der Waals surface area contributed by atoms with Crippen molar-refractivity contribution in [2.45, 2.75) is 153 Å². The Morgan fingerprint density at radius 3 is 1.26 bits per heavy atom. The molecule has 0 saturated carbocycles. The van der Waals surface area contributed by atoms with Crippen molar-refractivity contribution in [3.8, 4) is 0 Å². The van der Waals surface area contributed by atoms with Crippen molar-refractivity contribution in [1.29, 1.82) is 0 Å². The summed E-state index contributed by atoms with van der Waals surface area (Å²) in [5, 5.41) is 37.1. The van der Waals surface area contributed by atoms with Crippen LogP contribution in [0.3, 0.4) is 0 Å². The van der Waals surface area contributed by atoms with Gasteiger partial charge in [-0.05, 0) is 29.5 Å². The van der Waals surface area contributed by atoms with Gasteiger partial charge in [-0.1, -0.05) is 220 Å². The molecule has 0 amide bonds. The molecule has 0 heterocycles. The quantitative estimate of drug-likeness (QED) is 0.0490. The van der Waals surface area contributed by atoms with Crippen LogP contribution in [0.2, 0.25) is 0 Å². The molecule has 3 nitrogen and oxygen atoms in total. The van der Waals surface area contributed by atoms with Crippen LogP contribution >= 0.6 is 0 Å². The molecule has 3 rings (SSSR count). The lowest BCUT2D eigenvalue weighted by Crippen LogP contribution is -2.60. The van der Waals surface area contributed by atoms with Crippen molar-refractivity contribution in [1.82, 2.24) is 0 Å². The van der Waals surface area contributed by atoms with E-state index in [1.807, 2.05) is 97.1 Å². The second-order valence-corrected chi connectivity index (χ2v) is 13.6. The molecule has 0 aliphatic rings. The van der Waals surface area contributed by atoms with Gasteiger partial charge in [0, 0.05) is 0 Å². The highest BCUT2D eigenvalue weighted by molar-refractivity contribution is 5.53. The Hall–Kier alpha value is -2.72. The minimum absolute atomic E-state index is 0.429. The summed E-state index contributed by atoms with van der Waals surface area (Å²) in [5.41, 5.74) is -0.382. The summed E-state index contributed by atoms with van der Waals surface area (Å²) < 4.78 is 0. The fourth-order valence-electron chi connectivity index (χ4n) is 7.17. The highest BCUT2D eigenvalue weighted by atomic mass is 16.4. The van der Waals surface area contributed by atoms with Gasteiger partial charge < -0.3 is 15.3 Å². The van der Waals surface area contributed by atoms with E-state index in [2.05, 4.69) is 13.8 Å². The standard InChI is InChI=1S/C44H64O3/c1-3-5-7-9-10-11-12-13-14-15-16-17-18-28-36-41(45)43(47,37-29-8-6-4-2)42(46)44(38-30-22-19-23-31-38,39-32-24-20-25-33-39)40-34-26-21-27-35-40/h19-27,29-35,37,41-42,45-47H,3-18,28,36H2,1-2H3/b37-29+/t41-,42+,43-/m1/s1. The summed E-state index contributed by atoms with van der Waals surface area (Å²) in [6, 6.07) is 29.9. The van der Waals surface area contributed by atoms with E-state index in [-0.39, 0.29) is 0 Å². The molecule has 0 aliphatic carbocycles. The van der Waals surface area contributed by atoms with Crippen molar-refractivity contribution in [3.05, 3.63) is 120 Å². The summed E-state index contributed by atoms with van der Waals surface area (Å²) >= 11 is 0. The van der Waals surface area contributed by atoms with Gasteiger partial charge in [0.2, 0.25) is 0 Å². The zero-order chi connectivity index (χ0) is 33.6. The molecule has 0 spiro atoms. The minimum Gasteiger partial charge on any atom is -0.390 e. The van der Waals surface area contributed by atoms with Crippen LogP contribution in [-0.4, -0.2) is 33.1 Å². The first-order valence-corrected chi connectivity index (χ1v) is 18.9. The molecule has 3 N–H and O–H groups in total. The first-order valence-electron chi connectivity index (χ1n) is 18.9. The summed E-state index contributed by atoms with van der Waals surface area (Å²) in [6.45, 7) is 4.42. The molecule has 258 valence electrons. The van der Waals surface area contributed by atoms with Gasteiger partial charge in [0.25, 0.3) is 0 Å². The average Bonchev–Trinajstić information content (AvgIpc) is 3.11. The highest BCUT2D eigenvalue weighted by Gasteiger charge is 2.54. The lowest BCUT2D eigenvalue weighted by Gasteiger charge is -2.47. The van der Waals surface area contributed by atoms with E-state index in [0.29, 0.717) is 6.42 Å². The largest absolute Gasteiger partial charge is 0.390 e. The second-order valence-electron chi connectivity index (χ2n) is 13.6. The van der Waals surface area contributed by atoms with E-state index in [0.717, 1.165) is 55.2 Å². The fourth-order valence-corrected chi connectivity index (χ4v) is 7.17. The Morgan fingerprint density at radius 1 is 0.511 bits per heavy atom. The molecule has 0 radical (unpaired) electrons. The van der Waals surface area contributed by atoms with Crippen LogP contribution in [0.4, 0.5) is 0 Å². The van der Waals surface area contributed by atoms with Crippen molar-refractivity contribution in [2.24, 2.45) is 0 Å². The van der Waals surface area contributed by atoms with Gasteiger partial charge >= 0.3 is 0 Å². The van der Waals surface area contributed by atoms with Crippen LogP contribution in [0, 0.1) is 0 Å². The third-order valence-electron chi connectivity index (χ3n) is 10.0. The smallest absolute Gasteiger partial charge is 0.136 e. The van der Waals surface area contributed by atoms with E-state index in [1.165, 1.54) is 70.6 Å². The number of aliphatic hydroxyl groups is 3. The Bertz CT molecular complexity index is 1110. The summed E-state index contributed by atoms with van der Waals surface area (Å²) in [4.78, 5) is 0. The number of allylic oxidation sites excluding steroid dienone is 1. The van der Waals surface area contributed by atoms with Crippen LogP contribution in [0.15, 0.2) is 103 Å². The summed E-state index contributed by atoms with van der Waals surface area (Å²) in [6.07, 6.45) is 22.1. The molecule has 3 heteroatoms. The van der Waals surface area contributed by atoms with E-state index >= 15 is 0 Å². The number of hydrogen-bond acceptors (Lipinski definition) is 3. The van der Waals surface area contributed by atoms with Crippen LogP contribution < -0.4 is 0 Å². The summed E-state index contributed by atoms with van der Waals surface area (Å²) in [5.74, 6) is 0. The topological polar surface area (TPSA) is 60.7 Å². The number of unbranched alkanes of at least 4 members (excludes halogenated alkanes) is 15. The summed E-state index contributed by atoms with van der Waals surface area (Å²) in [7, 11) is 0. The third-order valence-corrected chi connectivity index (χ3v) is 10.0. The fraction of sp³-hybridized carbons (Fsp3) is 0.545. The average molecular weight is 641 g/mol. The number of aliphatic hydroxyl groups excluding tert-OH is 2. The Kier molecular flexibility index (Phi) is 18.1. The van der Waals surface area contributed by atoms with Crippen LogP contribution in [0.5, 0.6) is 0 Å². The van der Waals surface area contributed by atoms with Gasteiger partial charge in [-0.25, -0.2) is 0 Å². The first-order chi connectivity index (χ1) is 23.0.